The van der Waals surface area contributed by atoms with Crippen molar-refractivity contribution in [3.05, 3.63) is 47.5 Å². The molecule has 3 heterocycles. The lowest BCUT2D eigenvalue weighted by Crippen LogP contribution is -2.24. The van der Waals surface area contributed by atoms with Crippen molar-refractivity contribution in [2.45, 2.75) is 31.6 Å². The number of H-pyrrole nitrogens is 1. The van der Waals surface area contributed by atoms with Gasteiger partial charge in [0.15, 0.2) is 0 Å². The van der Waals surface area contributed by atoms with E-state index in [1.807, 2.05) is 18.1 Å². The van der Waals surface area contributed by atoms with Gasteiger partial charge in [-0.1, -0.05) is 0 Å². The molecule has 3 aromatic rings. The highest BCUT2D eigenvalue weighted by atomic mass is 19.4. The molecule has 1 saturated heterocycles. The molecule has 10 heteroatoms. The molecule has 2 unspecified atom stereocenters. The van der Waals surface area contributed by atoms with Gasteiger partial charge in [-0.05, 0) is 18.2 Å². The SMILES string of the molecule is Cn1cc(CN2CC(F)C(OCc3nc4ccc(C(F)(F)F)cc4[nH]3)C2)cn1. The van der Waals surface area contributed by atoms with E-state index in [1.54, 1.807) is 10.9 Å². The van der Waals surface area contributed by atoms with Gasteiger partial charge in [-0.15, -0.1) is 0 Å². The van der Waals surface area contributed by atoms with Gasteiger partial charge in [-0.25, -0.2) is 9.37 Å². The van der Waals surface area contributed by atoms with Gasteiger partial charge >= 0.3 is 6.18 Å². The second-order valence-electron chi connectivity index (χ2n) is 6.99. The summed E-state index contributed by atoms with van der Waals surface area (Å²) in [5.74, 6) is 0.368. The monoisotopic (exact) mass is 397 g/mol. The Balaban J connectivity index is 1.37. The van der Waals surface area contributed by atoms with Gasteiger partial charge in [0, 0.05) is 38.4 Å². The Bertz CT molecular complexity index is 966. The number of rotatable bonds is 5. The highest BCUT2D eigenvalue weighted by molar-refractivity contribution is 5.76. The largest absolute Gasteiger partial charge is 0.416 e. The number of hydrogen-bond donors (Lipinski definition) is 1. The van der Waals surface area contributed by atoms with Crippen molar-refractivity contribution in [2.24, 2.45) is 7.05 Å². The third-order valence-electron chi connectivity index (χ3n) is 4.73. The number of aryl methyl sites for hydroxylation is 1. The van der Waals surface area contributed by atoms with Crippen LogP contribution in [0.25, 0.3) is 11.0 Å². The Kier molecular flexibility index (Phi) is 4.84. The Morgan fingerprint density at radius 1 is 1.29 bits per heavy atom. The molecule has 1 N–H and O–H groups in total. The van der Waals surface area contributed by atoms with Crippen LogP contribution >= 0.6 is 0 Å². The maximum Gasteiger partial charge on any atom is 0.416 e. The van der Waals surface area contributed by atoms with E-state index in [1.165, 1.54) is 6.07 Å². The lowest BCUT2D eigenvalue weighted by molar-refractivity contribution is -0.137. The molecule has 0 amide bonds. The number of benzene rings is 1. The van der Waals surface area contributed by atoms with Crippen molar-refractivity contribution in [1.29, 1.82) is 0 Å². The third kappa shape index (κ3) is 4.02. The molecule has 0 aliphatic carbocycles. The molecule has 0 spiro atoms. The van der Waals surface area contributed by atoms with E-state index in [9.17, 15) is 17.6 Å². The summed E-state index contributed by atoms with van der Waals surface area (Å²) >= 11 is 0. The molecule has 1 fully saturated rings. The van der Waals surface area contributed by atoms with E-state index >= 15 is 0 Å². The Morgan fingerprint density at radius 2 is 2.11 bits per heavy atom. The van der Waals surface area contributed by atoms with Crippen LogP contribution in [-0.2, 0) is 31.1 Å². The van der Waals surface area contributed by atoms with Crippen LogP contribution in [0.15, 0.2) is 30.6 Å². The van der Waals surface area contributed by atoms with Crippen LogP contribution in [0.5, 0.6) is 0 Å². The lowest BCUT2D eigenvalue weighted by atomic mass is 10.2. The molecule has 1 aliphatic rings. The van der Waals surface area contributed by atoms with Crippen LogP contribution in [0.2, 0.25) is 0 Å². The number of aromatic amines is 1. The van der Waals surface area contributed by atoms with Crippen LogP contribution < -0.4 is 0 Å². The highest BCUT2D eigenvalue weighted by Crippen LogP contribution is 2.31. The van der Waals surface area contributed by atoms with Crippen molar-refractivity contribution < 1.29 is 22.3 Å². The van der Waals surface area contributed by atoms with Crippen molar-refractivity contribution in [2.75, 3.05) is 13.1 Å². The minimum Gasteiger partial charge on any atom is -0.366 e. The number of aromatic nitrogens is 4. The Hall–Kier alpha value is -2.46. The second kappa shape index (κ2) is 7.17. The summed E-state index contributed by atoms with van der Waals surface area (Å²) in [6, 6.07) is 3.30. The minimum absolute atomic E-state index is 0.00184. The second-order valence-corrected chi connectivity index (χ2v) is 6.99. The van der Waals surface area contributed by atoms with E-state index in [-0.39, 0.29) is 18.7 Å². The topological polar surface area (TPSA) is 59.0 Å². The smallest absolute Gasteiger partial charge is 0.366 e. The van der Waals surface area contributed by atoms with E-state index in [4.69, 9.17) is 4.74 Å². The fourth-order valence-electron chi connectivity index (χ4n) is 3.40. The number of nitrogens with one attached hydrogen (secondary N) is 1. The number of nitrogens with zero attached hydrogens (tertiary/aromatic N) is 4. The summed E-state index contributed by atoms with van der Waals surface area (Å²) < 4.78 is 60.0. The van der Waals surface area contributed by atoms with Gasteiger partial charge in [0.1, 0.15) is 24.7 Å². The Labute approximate surface area is 158 Å². The van der Waals surface area contributed by atoms with Gasteiger partial charge in [-0.3, -0.25) is 9.58 Å². The summed E-state index contributed by atoms with van der Waals surface area (Å²) in [7, 11) is 1.82. The van der Waals surface area contributed by atoms with E-state index in [2.05, 4.69) is 15.1 Å². The quantitative estimate of drug-likeness (QED) is 0.673. The van der Waals surface area contributed by atoms with E-state index in [0.717, 1.165) is 17.7 Å². The fourth-order valence-corrected chi connectivity index (χ4v) is 3.40. The maximum absolute atomic E-state index is 14.3. The third-order valence-corrected chi connectivity index (χ3v) is 4.73. The average molecular weight is 397 g/mol. The fraction of sp³-hybridized carbons (Fsp3) is 0.444. The first kappa shape index (κ1) is 18.9. The molecule has 2 atom stereocenters. The summed E-state index contributed by atoms with van der Waals surface area (Å²) in [6.07, 6.45) is -2.55. The molecule has 0 bridgehead atoms. The van der Waals surface area contributed by atoms with E-state index in [0.29, 0.717) is 24.4 Å². The molecular weight excluding hydrogens is 378 g/mol. The lowest BCUT2D eigenvalue weighted by Gasteiger charge is -2.14. The number of hydrogen-bond acceptors (Lipinski definition) is 4. The van der Waals surface area contributed by atoms with Crippen molar-refractivity contribution in [1.82, 2.24) is 24.6 Å². The molecular formula is C18H19F4N5O. The predicted octanol–water partition coefficient (Wildman–Crippen LogP) is 3.05. The summed E-state index contributed by atoms with van der Waals surface area (Å²) in [4.78, 5) is 8.98. The number of imidazole rings is 1. The molecule has 2 aromatic heterocycles. The summed E-state index contributed by atoms with van der Waals surface area (Å²) in [5, 5.41) is 4.10. The van der Waals surface area contributed by atoms with Gasteiger partial charge < -0.3 is 9.72 Å². The highest BCUT2D eigenvalue weighted by Gasteiger charge is 2.34. The number of likely N-dealkylation sites (tertiary alicyclic amines) is 1. The van der Waals surface area contributed by atoms with Crippen molar-refractivity contribution in [3.63, 3.8) is 0 Å². The number of halogens is 4. The first-order valence-corrected chi connectivity index (χ1v) is 8.79. The van der Waals surface area contributed by atoms with E-state index < -0.39 is 24.0 Å². The zero-order valence-electron chi connectivity index (χ0n) is 15.1. The van der Waals surface area contributed by atoms with Crippen LogP contribution in [0.3, 0.4) is 0 Å². The Morgan fingerprint density at radius 3 is 2.82 bits per heavy atom. The molecule has 0 radical (unpaired) electrons. The predicted molar refractivity (Wildman–Crippen MR) is 93.1 cm³/mol. The zero-order chi connectivity index (χ0) is 19.9. The van der Waals surface area contributed by atoms with Crippen molar-refractivity contribution in [3.8, 4) is 0 Å². The molecule has 4 rings (SSSR count). The first-order chi connectivity index (χ1) is 13.3. The van der Waals surface area contributed by atoms with Gasteiger partial charge in [0.25, 0.3) is 0 Å². The molecule has 28 heavy (non-hydrogen) atoms. The molecule has 1 aliphatic heterocycles. The molecule has 150 valence electrons. The van der Waals surface area contributed by atoms with Gasteiger partial charge in [0.05, 0.1) is 22.8 Å². The normalized spacial score (nSPS) is 21.0. The van der Waals surface area contributed by atoms with Crippen LogP contribution in [0.1, 0.15) is 17.0 Å². The zero-order valence-corrected chi connectivity index (χ0v) is 15.1. The van der Waals surface area contributed by atoms with Crippen LogP contribution in [0.4, 0.5) is 17.6 Å². The van der Waals surface area contributed by atoms with Crippen molar-refractivity contribution >= 4 is 11.0 Å². The van der Waals surface area contributed by atoms with Crippen LogP contribution in [0, 0.1) is 0 Å². The van der Waals surface area contributed by atoms with Gasteiger partial charge in [0.2, 0.25) is 0 Å². The van der Waals surface area contributed by atoms with Gasteiger partial charge in [-0.2, -0.15) is 18.3 Å². The molecule has 6 nitrogen and oxygen atoms in total. The maximum atomic E-state index is 14.3. The molecule has 0 saturated carbocycles. The minimum atomic E-state index is -4.42. The average Bonchev–Trinajstić information content (AvgIpc) is 3.30. The number of ether oxygens (including phenoxy) is 1. The number of fused-ring (bicyclic) bond motifs is 1. The number of alkyl halides is 4. The van der Waals surface area contributed by atoms with Crippen LogP contribution in [-0.4, -0.2) is 50.0 Å². The summed E-state index contributed by atoms with van der Waals surface area (Å²) in [5.41, 5.74) is 0.928. The summed E-state index contributed by atoms with van der Waals surface area (Å²) in [6.45, 7) is 1.27. The molecule has 1 aromatic carbocycles. The standard InChI is InChI=1S/C18H19F4N5O/c1-26-6-11(5-23-26)7-27-8-13(19)16(9-27)28-10-17-24-14-3-2-12(18(20,21)22)4-15(14)25-17/h2-6,13,16H,7-10H2,1H3,(H,24,25). The first-order valence-electron chi connectivity index (χ1n) is 8.79.